The van der Waals surface area contributed by atoms with Gasteiger partial charge in [0.15, 0.2) is 0 Å². The number of aryl methyl sites for hydroxylation is 1. The standard InChI is InChI=1S/C14H11ClN2O3S2/c1-8-2-3-9(6-11(8)15)17-22(19,20)10-4-5-12-13(7-10)21-14(18)16-12/h2-7,17H,1H3,(H,16,18). The number of aromatic amines is 1. The minimum absolute atomic E-state index is 0.0898. The Balaban J connectivity index is 1.99. The van der Waals surface area contributed by atoms with Gasteiger partial charge in [0.05, 0.1) is 20.8 Å². The lowest BCUT2D eigenvalue weighted by atomic mass is 10.2. The summed E-state index contributed by atoms with van der Waals surface area (Å²) >= 11 is 6.97. The van der Waals surface area contributed by atoms with E-state index in [9.17, 15) is 13.2 Å². The fourth-order valence-electron chi connectivity index (χ4n) is 1.96. The van der Waals surface area contributed by atoms with Crippen LogP contribution < -0.4 is 9.60 Å². The zero-order valence-electron chi connectivity index (χ0n) is 11.4. The van der Waals surface area contributed by atoms with Crippen molar-refractivity contribution in [3.63, 3.8) is 0 Å². The van der Waals surface area contributed by atoms with Crippen LogP contribution in [0.15, 0.2) is 46.1 Å². The third-order valence-corrected chi connectivity index (χ3v) is 5.76. The van der Waals surface area contributed by atoms with Gasteiger partial charge in [-0.25, -0.2) is 8.42 Å². The molecule has 2 N–H and O–H groups in total. The number of benzene rings is 2. The molecule has 0 unspecified atom stereocenters. The Morgan fingerprint density at radius 3 is 2.68 bits per heavy atom. The van der Waals surface area contributed by atoms with Crippen LogP contribution in [0, 0.1) is 6.92 Å². The van der Waals surface area contributed by atoms with Crippen molar-refractivity contribution in [1.29, 1.82) is 0 Å². The highest BCUT2D eigenvalue weighted by Crippen LogP contribution is 2.24. The largest absolute Gasteiger partial charge is 0.312 e. The summed E-state index contributed by atoms with van der Waals surface area (Å²) in [4.78, 5) is 13.8. The zero-order valence-corrected chi connectivity index (χ0v) is 13.8. The van der Waals surface area contributed by atoms with Gasteiger partial charge < -0.3 is 4.98 Å². The van der Waals surface area contributed by atoms with Gasteiger partial charge in [0, 0.05) is 5.02 Å². The SMILES string of the molecule is Cc1ccc(NS(=O)(=O)c2ccc3[nH]c(=O)sc3c2)cc1Cl. The van der Waals surface area contributed by atoms with Crippen LogP contribution in [-0.2, 0) is 10.0 Å². The minimum Gasteiger partial charge on any atom is -0.312 e. The summed E-state index contributed by atoms with van der Waals surface area (Å²) in [6.07, 6.45) is 0. The van der Waals surface area contributed by atoms with Gasteiger partial charge in [0.2, 0.25) is 0 Å². The second-order valence-electron chi connectivity index (χ2n) is 4.74. The number of aromatic nitrogens is 1. The highest BCUT2D eigenvalue weighted by atomic mass is 35.5. The molecule has 1 heterocycles. The summed E-state index contributed by atoms with van der Waals surface area (Å²) in [6.45, 7) is 1.84. The van der Waals surface area contributed by atoms with Crippen molar-refractivity contribution in [2.45, 2.75) is 11.8 Å². The van der Waals surface area contributed by atoms with Gasteiger partial charge in [0.25, 0.3) is 10.0 Å². The number of hydrogen-bond donors (Lipinski definition) is 2. The molecule has 8 heteroatoms. The van der Waals surface area contributed by atoms with Gasteiger partial charge in [-0.2, -0.15) is 0 Å². The fourth-order valence-corrected chi connectivity index (χ4v) is 4.07. The molecular weight excluding hydrogens is 344 g/mol. The molecule has 22 heavy (non-hydrogen) atoms. The fraction of sp³-hybridized carbons (Fsp3) is 0.0714. The van der Waals surface area contributed by atoms with E-state index in [4.69, 9.17) is 11.6 Å². The van der Waals surface area contributed by atoms with Crippen LogP contribution in [0.1, 0.15) is 5.56 Å². The highest BCUT2D eigenvalue weighted by molar-refractivity contribution is 7.92. The van der Waals surface area contributed by atoms with Crippen molar-refractivity contribution in [1.82, 2.24) is 4.98 Å². The minimum atomic E-state index is -3.74. The van der Waals surface area contributed by atoms with Crippen molar-refractivity contribution in [2.24, 2.45) is 0 Å². The molecule has 0 radical (unpaired) electrons. The molecule has 2 aromatic carbocycles. The molecular formula is C14H11ClN2O3S2. The van der Waals surface area contributed by atoms with E-state index < -0.39 is 10.0 Å². The molecule has 0 atom stereocenters. The van der Waals surface area contributed by atoms with Crippen molar-refractivity contribution in [3.8, 4) is 0 Å². The van der Waals surface area contributed by atoms with E-state index in [1.54, 1.807) is 24.3 Å². The number of nitrogens with one attached hydrogen (secondary N) is 2. The Morgan fingerprint density at radius 1 is 1.18 bits per heavy atom. The smallest absolute Gasteiger partial charge is 0.305 e. The van der Waals surface area contributed by atoms with E-state index in [0.717, 1.165) is 16.9 Å². The van der Waals surface area contributed by atoms with Gasteiger partial charge in [-0.15, -0.1) is 0 Å². The predicted molar refractivity (Wildman–Crippen MR) is 89.4 cm³/mol. The Kier molecular flexibility index (Phi) is 3.72. The second-order valence-corrected chi connectivity index (χ2v) is 7.85. The number of halogens is 1. The van der Waals surface area contributed by atoms with Gasteiger partial charge in [-0.05, 0) is 42.8 Å². The molecule has 0 bridgehead atoms. The van der Waals surface area contributed by atoms with E-state index in [2.05, 4.69) is 9.71 Å². The zero-order chi connectivity index (χ0) is 15.9. The van der Waals surface area contributed by atoms with E-state index in [0.29, 0.717) is 20.9 Å². The average Bonchev–Trinajstić information content (AvgIpc) is 2.81. The topological polar surface area (TPSA) is 79.0 Å². The molecule has 3 rings (SSSR count). The summed E-state index contributed by atoms with van der Waals surface area (Å²) in [5.74, 6) is 0. The van der Waals surface area contributed by atoms with Gasteiger partial charge >= 0.3 is 4.87 Å². The summed E-state index contributed by atoms with van der Waals surface area (Å²) in [5.41, 5.74) is 1.87. The van der Waals surface area contributed by atoms with E-state index >= 15 is 0 Å². The number of hydrogen-bond acceptors (Lipinski definition) is 4. The molecule has 114 valence electrons. The average molecular weight is 355 g/mol. The summed E-state index contributed by atoms with van der Waals surface area (Å²) in [6, 6.07) is 9.43. The first-order chi connectivity index (χ1) is 10.3. The molecule has 0 aliphatic rings. The van der Waals surface area contributed by atoms with Crippen LogP contribution in [0.25, 0.3) is 10.2 Å². The quantitative estimate of drug-likeness (QED) is 0.757. The molecule has 0 saturated heterocycles. The molecule has 1 aromatic heterocycles. The van der Waals surface area contributed by atoms with Gasteiger partial charge in [-0.1, -0.05) is 29.0 Å². The van der Waals surface area contributed by atoms with Gasteiger partial charge in [-0.3, -0.25) is 9.52 Å². The Bertz CT molecular complexity index is 1020. The number of thiazole rings is 1. The molecule has 0 fully saturated rings. The van der Waals surface area contributed by atoms with Crippen LogP contribution in [0.4, 0.5) is 5.69 Å². The lowest BCUT2D eigenvalue weighted by Gasteiger charge is -2.09. The number of fused-ring (bicyclic) bond motifs is 1. The van der Waals surface area contributed by atoms with E-state index in [1.165, 1.54) is 12.1 Å². The van der Waals surface area contributed by atoms with Crippen molar-refractivity contribution >= 4 is 48.9 Å². The van der Waals surface area contributed by atoms with Crippen molar-refractivity contribution in [3.05, 3.63) is 56.7 Å². The number of H-pyrrole nitrogens is 1. The molecule has 0 spiro atoms. The molecule has 3 aromatic rings. The van der Waals surface area contributed by atoms with Crippen molar-refractivity contribution < 1.29 is 8.42 Å². The lowest BCUT2D eigenvalue weighted by Crippen LogP contribution is -2.12. The van der Waals surface area contributed by atoms with Crippen LogP contribution in [0.3, 0.4) is 0 Å². The Morgan fingerprint density at radius 2 is 1.95 bits per heavy atom. The van der Waals surface area contributed by atoms with Crippen molar-refractivity contribution in [2.75, 3.05) is 4.72 Å². The first kappa shape index (κ1) is 15.1. The summed E-state index contributed by atoms with van der Waals surface area (Å²) in [5, 5.41) is 0.486. The maximum absolute atomic E-state index is 12.4. The van der Waals surface area contributed by atoms with Crippen LogP contribution in [0.2, 0.25) is 5.02 Å². The number of sulfonamides is 1. The maximum Gasteiger partial charge on any atom is 0.305 e. The number of anilines is 1. The third-order valence-electron chi connectivity index (χ3n) is 3.13. The van der Waals surface area contributed by atoms with Crippen LogP contribution in [0.5, 0.6) is 0 Å². The van der Waals surface area contributed by atoms with Crippen LogP contribution >= 0.6 is 22.9 Å². The first-order valence-electron chi connectivity index (χ1n) is 6.27. The first-order valence-corrected chi connectivity index (χ1v) is 8.95. The second kappa shape index (κ2) is 5.42. The van der Waals surface area contributed by atoms with Gasteiger partial charge in [0.1, 0.15) is 0 Å². The molecule has 5 nitrogen and oxygen atoms in total. The summed E-state index contributed by atoms with van der Waals surface area (Å²) < 4.78 is 27.9. The Hall–Kier alpha value is -1.83. The predicted octanol–water partition coefficient (Wildman–Crippen LogP) is 3.35. The molecule has 0 amide bonds. The lowest BCUT2D eigenvalue weighted by molar-refractivity contribution is 0.601. The van der Waals surface area contributed by atoms with E-state index in [1.807, 2.05) is 6.92 Å². The molecule has 0 saturated carbocycles. The summed E-state index contributed by atoms with van der Waals surface area (Å²) in [7, 11) is -3.74. The molecule has 0 aliphatic carbocycles. The maximum atomic E-state index is 12.4. The third kappa shape index (κ3) is 2.87. The molecule has 0 aliphatic heterocycles. The normalized spacial score (nSPS) is 11.7. The monoisotopic (exact) mass is 354 g/mol. The number of rotatable bonds is 3. The Labute approximate surface area is 135 Å². The highest BCUT2D eigenvalue weighted by Gasteiger charge is 2.16. The van der Waals surface area contributed by atoms with Crippen LogP contribution in [-0.4, -0.2) is 13.4 Å². The van der Waals surface area contributed by atoms with E-state index in [-0.39, 0.29) is 9.77 Å².